The van der Waals surface area contributed by atoms with Crippen molar-refractivity contribution in [3.63, 3.8) is 0 Å². The number of carbonyl (C=O) groups excluding carboxylic acids is 1. The minimum atomic E-state index is -0.0918. The Labute approximate surface area is 131 Å². The highest BCUT2D eigenvalue weighted by molar-refractivity contribution is 9.10. The molecule has 1 amide bonds. The summed E-state index contributed by atoms with van der Waals surface area (Å²) in [4.78, 5) is 13.5. The first-order valence-electron chi connectivity index (χ1n) is 6.34. The number of nitrogens with zero attached hydrogens (tertiary/aromatic N) is 1. The maximum Gasteiger partial charge on any atom is 0.272 e. The van der Waals surface area contributed by atoms with Crippen molar-refractivity contribution < 1.29 is 4.79 Å². The van der Waals surface area contributed by atoms with Gasteiger partial charge in [-0.05, 0) is 54.2 Å². The average Bonchev–Trinajstić information content (AvgIpc) is 2.82. The van der Waals surface area contributed by atoms with E-state index in [1.165, 1.54) is 0 Å². The summed E-state index contributed by atoms with van der Waals surface area (Å²) in [6.45, 7) is 4.11. The molecule has 0 aliphatic carbocycles. The highest BCUT2D eigenvalue weighted by atomic mass is 79.9. The van der Waals surface area contributed by atoms with Gasteiger partial charge in [-0.2, -0.15) is 0 Å². The zero-order valence-electron chi connectivity index (χ0n) is 11.7. The summed E-state index contributed by atoms with van der Waals surface area (Å²) in [6.07, 6.45) is 3.93. The summed E-state index contributed by atoms with van der Waals surface area (Å²) in [5.74, 6) is -0.0918. The maximum atomic E-state index is 12.5. The molecule has 20 heavy (non-hydrogen) atoms. The van der Waals surface area contributed by atoms with E-state index in [1.807, 2.05) is 47.4 Å². The fourth-order valence-corrected chi connectivity index (χ4v) is 2.98. The Kier molecular flexibility index (Phi) is 4.94. The lowest BCUT2D eigenvalue weighted by molar-refractivity contribution is 0.101. The third-order valence-electron chi connectivity index (χ3n) is 2.96. The first kappa shape index (κ1) is 15.2. The maximum absolute atomic E-state index is 12.5. The van der Waals surface area contributed by atoms with Gasteiger partial charge in [-0.1, -0.05) is 12.1 Å². The van der Waals surface area contributed by atoms with Gasteiger partial charge in [0.25, 0.3) is 5.91 Å². The molecule has 1 aromatic carbocycles. The first-order chi connectivity index (χ1) is 9.52. The predicted molar refractivity (Wildman–Crippen MR) is 88.7 cm³/mol. The molecule has 3 nitrogen and oxygen atoms in total. The Morgan fingerprint density at radius 2 is 2.05 bits per heavy atom. The Bertz CT molecular complexity index is 622. The van der Waals surface area contributed by atoms with E-state index < -0.39 is 0 Å². The molecule has 0 atom stereocenters. The number of thioether (sulfide) groups is 1. The minimum absolute atomic E-state index is 0.0918. The molecule has 0 saturated heterocycles. The monoisotopic (exact) mass is 352 g/mol. The fraction of sp³-hybridized carbons (Fsp3) is 0.267. The predicted octanol–water partition coefficient (Wildman–Crippen LogP) is 4.81. The quantitative estimate of drug-likeness (QED) is 0.801. The van der Waals surface area contributed by atoms with Gasteiger partial charge in [0.05, 0.1) is 5.69 Å². The van der Waals surface area contributed by atoms with E-state index in [-0.39, 0.29) is 11.9 Å². The Balaban J connectivity index is 2.28. The van der Waals surface area contributed by atoms with Crippen molar-refractivity contribution in [1.29, 1.82) is 0 Å². The van der Waals surface area contributed by atoms with Crippen LogP contribution in [0.25, 0.3) is 0 Å². The summed E-state index contributed by atoms with van der Waals surface area (Å²) in [5, 5.41) is 2.98. The number of aromatic nitrogens is 1. The number of amides is 1. The molecule has 0 saturated carbocycles. The van der Waals surface area contributed by atoms with Crippen LogP contribution in [0.5, 0.6) is 0 Å². The molecule has 0 spiro atoms. The molecule has 5 heteroatoms. The number of nitrogens with one attached hydrogen (secondary N) is 1. The van der Waals surface area contributed by atoms with E-state index in [9.17, 15) is 4.79 Å². The van der Waals surface area contributed by atoms with E-state index in [0.717, 1.165) is 15.1 Å². The van der Waals surface area contributed by atoms with E-state index >= 15 is 0 Å². The van der Waals surface area contributed by atoms with Crippen LogP contribution in [0.3, 0.4) is 0 Å². The summed E-state index contributed by atoms with van der Waals surface area (Å²) < 4.78 is 2.87. The molecule has 2 rings (SSSR count). The van der Waals surface area contributed by atoms with Crippen LogP contribution in [-0.2, 0) is 0 Å². The van der Waals surface area contributed by atoms with Gasteiger partial charge in [-0.3, -0.25) is 4.79 Å². The van der Waals surface area contributed by atoms with E-state index in [1.54, 1.807) is 11.8 Å². The normalized spacial score (nSPS) is 10.8. The zero-order valence-corrected chi connectivity index (χ0v) is 14.1. The fourth-order valence-electron chi connectivity index (χ4n) is 1.99. The summed E-state index contributed by atoms with van der Waals surface area (Å²) in [5.41, 5.74) is 1.50. The molecule has 2 aromatic rings. The second-order valence-corrected chi connectivity index (χ2v) is 6.46. The van der Waals surface area contributed by atoms with Crippen LogP contribution in [0.2, 0.25) is 0 Å². The lowest BCUT2D eigenvalue weighted by atomic mass is 10.3. The second-order valence-electron chi connectivity index (χ2n) is 4.70. The molecule has 0 radical (unpaired) electrons. The average molecular weight is 353 g/mol. The smallest absolute Gasteiger partial charge is 0.272 e. The van der Waals surface area contributed by atoms with Crippen LogP contribution in [-0.4, -0.2) is 16.7 Å². The number of halogens is 1. The summed E-state index contributed by atoms with van der Waals surface area (Å²) in [7, 11) is 0. The SMILES string of the molecule is CSc1ccccc1NC(=O)c1cc(Br)cn1C(C)C. The lowest BCUT2D eigenvalue weighted by Crippen LogP contribution is -2.18. The minimum Gasteiger partial charge on any atom is -0.340 e. The number of para-hydroxylation sites is 1. The molecule has 0 fully saturated rings. The van der Waals surface area contributed by atoms with Crippen LogP contribution in [0.1, 0.15) is 30.4 Å². The molecule has 1 aromatic heterocycles. The van der Waals surface area contributed by atoms with Crippen molar-refractivity contribution in [2.45, 2.75) is 24.8 Å². The van der Waals surface area contributed by atoms with Gasteiger partial charge < -0.3 is 9.88 Å². The topological polar surface area (TPSA) is 34.0 Å². The molecule has 0 aliphatic rings. The van der Waals surface area contributed by atoms with Crippen LogP contribution in [0, 0.1) is 0 Å². The molecule has 1 N–H and O–H groups in total. The van der Waals surface area contributed by atoms with Gasteiger partial charge in [0, 0.05) is 21.6 Å². The molecule has 0 bridgehead atoms. The van der Waals surface area contributed by atoms with Gasteiger partial charge in [0.1, 0.15) is 5.69 Å². The van der Waals surface area contributed by atoms with Crippen molar-refractivity contribution in [1.82, 2.24) is 4.57 Å². The molecule has 0 unspecified atom stereocenters. The standard InChI is InChI=1S/C15H17BrN2OS/c1-10(2)18-9-11(16)8-13(18)15(19)17-12-6-4-5-7-14(12)20-3/h4-10H,1-3H3,(H,17,19). The second kappa shape index (κ2) is 6.50. The number of rotatable bonds is 4. The highest BCUT2D eigenvalue weighted by Gasteiger charge is 2.16. The molecular formula is C15H17BrN2OS. The van der Waals surface area contributed by atoms with Crippen LogP contribution in [0.15, 0.2) is 45.9 Å². The zero-order chi connectivity index (χ0) is 14.7. The number of hydrogen-bond donors (Lipinski definition) is 1. The lowest BCUT2D eigenvalue weighted by Gasteiger charge is -2.14. The van der Waals surface area contributed by atoms with Gasteiger partial charge in [0.2, 0.25) is 0 Å². The van der Waals surface area contributed by atoms with Crippen LogP contribution in [0.4, 0.5) is 5.69 Å². The number of benzene rings is 1. The van der Waals surface area contributed by atoms with Crippen molar-refractivity contribution in [3.8, 4) is 0 Å². The van der Waals surface area contributed by atoms with Gasteiger partial charge in [-0.15, -0.1) is 11.8 Å². The largest absolute Gasteiger partial charge is 0.340 e. The Hall–Kier alpha value is -1.20. The van der Waals surface area contributed by atoms with E-state index in [4.69, 9.17) is 0 Å². The third-order valence-corrected chi connectivity index (χ3v) is 4.19. The van der Waals surface area contributed by atoms with Crippen molar-refractivity contribution in [2.24, 2.45) is 0 Å². The molecule has 1 heterocycles. The van der Waals surface area contributed by atoms with Gasteiger partial charge in [-0.25, -0.2) is 0 Å². The Morgan fingerprint density at radius 3 is 2.70 bits per heavy atom. The summed E-state index contributed by atoms with van der Waals surface area (Å²) >= 11 is 5.05. The van der Waals surface area contributed by atoms with E-state index in [0.29, 0.717) is 5.69 Å². The molecular weight excluding hydrogens is 336 g/mol. The number of anilines is 1. The first-order valence-corrected chi connectivity index (χ1v) is 8.36. The van der Waals surface area contributed by atoms with Gasteiger partial charge in [0.15, 0.2) is 0 Å². The van der Waals surface area contributed by atoms with Crippen LogP contribution < -0.4 is 5.32 Å². The highest BCUT2D eigenvalue weighted by Crippen LogP contribution is 2.26. The molecule has 0 aliphatic heterocycles. The van der Waals surface area contributed by atoms with Gasteiger partial charge >= 0.3 is 0 Å². The number of hydrogen-bond acceptors (Lipinski definition) is 2. The Morgan fingerprint density at radius 1 is 1.35 bits per heavy atom. The summed E-state index contributed by atoms with van der Waals surface area (Å²) in [6, 6.07) is 9.88. The van der Waals surface area contributed by atoms with Crippen LogP contribution >= 0.6 is 27.7 Å². The van der Waals surface area contributed by atoms with Crippen molar-refractivity contribution in [3.05, 3.63) is 46.7 Å². The van der Waals surface area contributed by atoms with Crippen molar-refractivity contribution in [2.75, 3.05) is 11.6 Å². The number of carbonyl (C=O) groups is 1. The van der Waals surface area contributed by atoms with E-state index in [2.05, 4.69) is 35.1 Å². The van der Waals surface area contributed by atoms with Crippen molar-refractivity contribution >= 4 is 39.3 Å². The third kappa shape index (κ3) is 3.27. The molecule has 106 valence electrons.